The van der Waals surface area contributed by atoms with Crippen molar-refractivity contribution < 1.29 is 4.21 Å². The highest BCUT2D eigenvalue weighted by atomic mass is 32.2. The van der Waals surface area contributed by atoms with E-state index in [0.29, 0.717) is 12.0 Å². The number of hydrogen-bond acceptors (Lipinski definition) is 3. The van der Waals surface area contributed by atoms with E-state index < -0.39 is 10.8 Å². The van der Waals surface area contributed by atoms with Crippen LogP contribution >= 0.6 is 11.8 Å². The third kappa shape index (κ3) is 4.45. The van der Waals surface area contributed by atoms with Gasteiger partial charge in [0.05, 0.1) is 0 Å². The van der Waals surface area contributed by atoms with Gasteiger partial charge in [0.15, 0.2) is 5.17 Å². The highest BCUT2D eigenvalue weighted by molar-refractivity contribution is 8.14. The van der Waals surface area contributed by atoms with Crippen LogP contribution in [0.3, 0.4) is 0 Å². The highest BCUT2D eigenvalue weighted by Gasteiger charge is 2.22. The van der Waals surface area contributed by atoms with E-state index >= 15 is 0 Å². The van der Waals surface area contributed by atoms with Crippen LogP contribution in [-0.2, 0) is 10.8 Å². The number of nitrogens with zero attached hydrogens (tertiary/aromatic N) is 1. The molecule has 0 spiro atoms. The summed E-state index contributed by atoms with van der Waals surface area (Å²) in [6.07, 6.45) is 2.66. The average molecular weight is 262 g/mol. The minimum atomic E-state index is -0.724. The van der Waals surface area contributed by atoms with Crippen LogP contribution in [0.15, 0.2) is 4.99 Å². The zero-order valence-corrected chi connectivity index (χ0v) is 12.2. The third-order valence-corrected chi connectivity index (χ3v) is 5.29. The molecule has 0 amide bonds. The molecule has 94 valence electrons. The van der Waals surface area contributed by atoms with Gasteiger partial charge >= 0.3 is 0 Å². The zero-order chi connectivity index (χ0) is 12.1. The van der Waals surface area contributed by atoms with Gasteiger partial charge in [-0.2, -0.15) is 0 Å². The monoisotopic (exact) mass is 262 g/mol. The van der Waals surface area contributed by atoms with Crippen molar-refractivity contribution in [2.45, 2.75) is 38.5 Å². The summed E-state index contributed by atoms with van der Waals surface area (Å²) in [5.41, 5.74) is 0. The molecule has 1 saturated heterocycles. The molecule has 0 saturated carbocycles. The number of rotatable bonds is 5. The predicted octanol–water partition coefficient (Wildman–Crippen LogP) is 1.86. The quantitative estimate of drug-likeness (QED) is 0.822. The van der Waals surface area contributed by atoms with Crippen molar-refractivity contribution >= 4 is 27.7 Å². The first kappa shape index (κ1) is 14.0. The lowest BCUT2D eigenvalue weighted by molar-refractivity contribution is 0.503. The molecule has 0 radical (unpaired) electrons. The minimum Gasteiger partial charge on any atom is -0.361 e. The summed E-state index contributed by atoms with van der Waals surface area (Å²) in [7, 11) is -0.724. The molecule has 1 rings (SSSR count). The summed E-state index contributed by atoms with van der Waals surface area (Å²) < 4.78 is 11.2. The summed E-state index contributed by atoms with van der Waals surface area (Å²) in [4.78, 5) is 4.51. The molecule has 0 aromatic heterocycles. The summed E-state index contributed by atoms with van der Waals surface area (Å²) in [6.45, 7) is 7.25. The maximum atomic E-state index is 11.2. The van der Waals surface area contributed by atoms with Crippen molar-refractivity contribution in [1.29, 1.82) is 0 Å². The Balaban J connectivity index is 2.29. The van der Waals surface area contributed by atoms with Crippen LogP contribution in [0.2, 0.25) is 0 Å². The van der Waals surface area contributed by atoms with Crippen LogP contribution in [0.5, 0.6) is 0 Å². The van der Waals surface area contributed by atoms with E-state index in [1.165, 1.54) is 0 Å². The van der Waals surface area contributed by atoms with E-state index in [2.05, 4.69) is 24.2 Å². The van der Waals surface area contributed by atoms with Gasteiger partial charge < -0.3 is 5.32 Å². The summed E-state index contributed by atoms with van der Waals surface area (Å²) in [5, 5.41) is 4.74. The van der Waals surface area contributed by atoms with Gasteiger partial charge in [0.1, 0.15) is 0 Å². The van der Waals surface area contributed by atoms with Gasteiger partial charge in [-0.15, -0.1) is 0 Å². The molecule has 3 unspecified atom stereocenters. The Labute approximate surface area is 105 Å². The molecule has 1 N–H and O–H groups in total. The van der Waals surface area contributed by atoms with Crippen molar-refractivity contribution in [1.82, 2.24) is 5.32 Å². The maximum absolute atomic E-state index is 11.2. The van der Waals surface area contributed by atoms with Crippen LogP contribution in [0, 0.1) is 5.92 Å². The lowest BCUT2D eigenvalue weighted by Gasteiger charge is -2.13. The minimum absolute atomic E-state index is 0.247. The van der Waals surface area contributed by atoms with Gasteiger partial charge in [-0.25, -0.2) is 0 Å². The Morgan fingerprint density at radius 2 is 2.25 bits per heavy atom. The standard InChI is InChI=1S/C11H22N2OS2/c1-8(2)10-7-15-11(13-10)12-6-5-9(3)16(4)14/h8-10H,5-7H2,1-4H3,(H,12,13). The number of thioether (sulfide) groups is 1. The Morgan fingerprint density at radius 3 is 2.75 bits per heavy atom. The second-order valence-electron chi connectivity index (χ2n) is 4.59. The zero-order valence-electron chi connectivity index (χ0n) is 10.5. The lowest BCUT2D eigenvalue weighted by atomic mass is 10.1. The maximum Gasteiger partial charge on any atom is 0.156 e. The molecule has 3 atom stereocenters. The number of aliphatic imine (C=N–C) groups is 1. The van der Waals surface area contributed by atoms with Crippen molar-refractivity contribution in [2.75, 3.05) is 18.6 Å². The van der Waals surface area contributed by atoms with Gasteiger partial charge in [-0.1, -0.05) is 32.5 Å². The number of hydrogen-bond donors (Lipinski definition) is 1. The number of amidine groups is 1. The van der Waals surface area contributed by atoms with Crippen LogP contribution in [0.25, 0.3) is 0 Å². The molecular weight excluding hydrogens is 240 g/mol. The Kier molecular flexibility index (Phi) is 5.83. The molecule has 5 heteroatoms. The Morgan fingerprint density at radius 1 is 1.56 bits per heavy atom. The first-order chi connectivity index (χ1) is 7.50. The van der Waals surface area contributed by atoms with Gasteiger partial charge in [-0.3, -0.25) is 9.20 Å². The van der Waals surface area contributed by atoms with Crippen LogP contribution in [0.1, 0.15) is 27.2 Å². The largest absolute Gasteiger partial charge is 0.361 e. The molecule has 1 aliphatic heterocycles. The van der Waals surface area contributed by atoms with E-state index in [4.69, 9.17) is 0 Å². The summed E-state index contributed by atoms with van der Waals surface area (Å²) in [6, 6.07) is 0.557. The smallest absolute Gasteiger partial charge is 0.156 e. The predicted molar refractivity (Wildman–Crippen MR) is 74.7 cm³/mol. The van der Waals surface area contributed by atoms with Crippen molar-refractivity contribution in [3.63, 3.8) is 0 Å². The van der Waals surface area contributed by atoms with Crippen LogP contribution in [0.4, 0.5) is 0 Å². The molecule has 1 fully saturated rings. The fourth-order valence-electron chi connectivity index (χ4n) is 1.37. The first-order valence-electron chi connectivity index (χ1n) is 5.76. The van der Waals surface area contributed by atoms with E-state index in [-0.39, 0.29) is 5.25 Å². The van der Waals surface area contributed by atoms with Crippen LogP contribution < -0.4 is 5.32 Å². The Bertz CT molecular complexity index is 279. The first-order valence-corrected chi connectivity index (χ1v) is 8.37. The molecule has 1 heterocycles. The molecule has 16 heavy (non-hydrogen) atoms. The second-order valence-corrected chi connectivity index (χ2v) is 7.40. The normalized spacial score (nSPS) is 27.1. The summed E-state index contributed by atoms with van der Waals surface area (Å²) in [5.74, 6) is 1.77. The van der Waals surface area contributed by atoms with Crippen molar-refractivity contribution in [3.05, 3.63) is 0 Å². The third-order valence-electron chi connectivity index (χ3n) is 2.87. The molecule has 3 nitrogen and oxygen atoms in total. The summed E-state index contributed by atoms with van der Waals surface area (Å²) >= 11 is 1.80. The lowest BCUT2D eigenvalue weighted by Crippen LogP contribution is -2.31. The Hall–Kier alpha value is -0.0300. The number of nitrogens with one attached hydrogen (secondary N) is 1. The second kappa shape index (κ2) is 6.64. The van der Waals surface area contributed by atoms with Gasteiger partial charge in [-0.05, 0) is 12.3 Å². The molecule has 1 aliphatic rings. The SMILES string of the molecule is CC(C)C1CSC(=NCCC(C)S(C)=O)N1. The fourth-order valence-corrected chi connectivity index (χ4v) is 3.04. The van der Waals surface area contributed by atoms with E-state index in [0.717, 1.165) is 23.9 Å². The molecule has 0 bridgehead atoms. The molecule has 0 aromatic carbocycles. The fraction of sp³-hybridized carbons (Fsp3) is 0.909. The van der Waals surface area contributed by atoms with Crippen LogP contribution in [-0.4, -0.2) is 39.2 Å². The van der Waals surface area contributed by atoms with E-state index in [1.54, 1.807) is 18.0 Å². The average Bonchev–Trinajstić information content (AvgIpc) is 2.66. The highest BCUT2D eigenvalue weighted by Crippen LogP contribution is 2.19. The molecule has 0 aliphatic carbocycles. The van der Waals surface area contributed by atoms with Gasteiger partial charge in [0.2, 0.25) is 0 Å². The molecule has 0 aromatic rings. The molecular formula is C11H22N2OS2. The van der Waals surface area contributed by atoms with Crippen molar-refractivity contribution in [3.8, 4) is 0 Å². The topological polar surface area (TPSA) is 41.5 Å². The van der Waals surface area contributed by atoms with Crippen molar-refractivity contribution in [2.24, 2.45) is 10.9 Å². The van der Waals surface area contributed by atoms with Gasteiger partial charge in [0.25, 0.3) is 0 Å². The van der Waals surface area contributed by atoms with E-state index in [1.807, 2.05) is 6.92 Å². The van der Waals surface area contributed by atoms with Gasteiger partial charge in [0, 0.05) is 40.6 Å². The van der Waals surface area contributed by atoms with E-state index in [9.17, 15) is 4.21 Å².